The van der Waals surface area contributed by atoms with Gasteiger partial charge in [0, 0.05) is 48.1 Å². The van der Waals surface area contributed by atoms with Gasteiger partial charge < -0.3 is 21.1 Å². The lowest BCUT2D eigenvalue weighted by Crippen LogP contribution is -2.41. The number of fused-ring (bicyclic) bond motifs is 1. The topological polar surface area (TPSA) is 112 Å². The zero-order valence-electron chi connectivity index (χ0n) is 18.5. The number of hydrogen-bond donors (Lipinski definition) is 4. The number of nitrogens with one attached hydrogen (secondary N) is 3. The molecule has 2 aromatic heterocycles. The summed E-state index contributed by atoms with van der Waals surface area (Å²) in [6.07, 6.45) is 0.762. The number of aliphatic hydroxyl groups is 1. The first kappa shape index (κ1) is 23.3. The van der Waals surface area contributed by atoms with E-state index in [0.717, 1.165) is 0 Å². The summed E-state index contributed by atoms with van der Waals surface area (Å²) in [4.78, 5) is 25.0. The quantitative estimate of drug-likeness (QED) is 0.476. The smallest absolute Gasteiger partial charge is 0.319 e. The van der Waals surface area contributed by atoms with Crippen LogP contribution in [0.15, 0.2) is 24.4 Å². The van der Waals surface area contributed by atoms with Crippen molar-refractivity contribution in [3.05, 3.63) is 41.7 Å². The molecule has 0 fully saturated rings. The van der Waals surface area contributed by atoms with E-state index in [1.165, 1.54) is 6.07 Å². The van der Waals surface area contributed by atoms with E-state index in [4.69, 9.17) is 0 Å². The number of aryl methyl sites for hydroxylation is 1. The van der Waals surface area contributed by atoms with Crippen molar-refractivity contribution in [2.24, 2.45) is 5.41 Å². The van der Waals surface area contributed by atoms with Crippen LogP contribution in [0.4, 0.5) is 25.2 Å². The molecule has 1 atom stereocenters. The molecule has 0 bridgehead atoms. The molecule has 0 spiro atoms. The summed E-state index contributed by atoms with van der Waals surface area (Å²) in [5.74, 6) is -1.32. The van der Waals surface area contributed by atoms with E-state index < -0.39 is 29.2 Å². The highest BCUT2D eigenvalue weighted by Gasteiger charge is 2.23. The minimum absolute atomic E-state index is 0.0205. The second kappa shape index (κ2) is 8.99. The molecule has 0 radical (unpaired) electrons. The maximum absolute atomic E-state index is 14.7. The Hall–Kier alpha value is -3.40. The minimum atomic E-state index is -0.925. The predicted molar refractivity (Wildman–Crippen MR) is 119 cm³/mol. The largest absolute Gasteiger partial charge is 0.391 e. The Morgan fingerprint density at radius 2 is 1.84 bits per heavy atom. The van der Waals surface area contributed by atoms with Crippen molar-refractivity contribution in [1.29, 1.82) is 0 Å². The molecule has 0 aliphatic rings. The molecule has 8 nitrogen and oxygen atoms in total. The van der Waals surface area contributed by atoms with Gasteiger partial charge in [0.05, 0.1) is 11.8 Å². The van der Waals surface area contributed by atoms with Crippen molar-refractivity contribution < 1.29 is 18.7 Å². The van der Waals surface area contributed by atoms with Crippen molar-refractivity contribution in [2.45, 2.75) is 33.8 Å². The van der Waals surface area contributed by atoms with Crippen molar-refractivity contribution in [3.8, 4) is 11.1 Å². The van der Waals surface area contributed by atoms with Crippen LogP contribution in [0.3, 0.4) is 0 Å². The molecular formula is C22H26F2N6O2. The number of aromatic nitrogens is 3. The molecule has 0 aliphatic carbocycles. The van der Waals surface area contributed by atoms with Crippen LogP contribution in [-0.4, -0.2) is 45.8 Å². The highest BCUT2D eigenvalue weighted by atomic mass is 19.1. The standard InChI is InChI=1S/C22H26F2N6O2/c1-11-13(6-12-9-26-20(25-5)30-19(12)28-11)14-7-17(16(24)8-15(14)23)29-21(32)27-10-18(31)22(2,3)4/h6-9,18,31H,10H2,1-5H3,(H2,27,29,32)(H,25,26,28,30). The summed E-state index contributed by atoms with van der Waals surface area (Å²) < 4.78 is 29.0. The molecule has 10 heteroatoms. The normalized spacial score (nSPS) is 12.5. The van der Waals surface area contributed by atoms with Gasteiger partial charge in [-0.15, -0.1) is 0 Å². The fourth-order valence-corrected chi connectivity index (χ4v) is 2.96. The highest BCUT2D eigenvalue weighted by molar-refractivity contribution is 5.91. The SMILES string of the molecule is CNc1ncc2cc(-c3cc(NC(=O)NCC(O)C(C)(C)C)c(F)cc3F)c(C)nc2n1. The maximum Gasteiger partial charge on any atom is 0.319 e. The van der Waals surface area contributed by atoms with Gasteiger partial charge in [0.25, 0.3) is 0 Å². The molecule has 1 unspecified atom stereocenters. The lowest BCUT2D eigenvalue weighted by atomic mass is 9.89. The number of benzene rings is 1. The third-order valence-corrected chi connectivity index (χ3v) is 5.03. The van der Waals surface area contributed by atoms with E-state index in [1.54, 1.807) is 26.2 Å². The first-order chi connectivity index (χ1) is 15.0. The molecule has 0 aliphatic heterocycles. The summed E-state index contributed by atoms with van der Waals surface area (Å²) in [5, 5.41) is 18.3. The summed E-state index contributed by atoms with van der Waals surface area (Å²) in [7, 11) is 1.69. The zero-order chi connectivity index (χ0) is 23.6. The van der Waals surface area contributed by atoms with Gasteiger partial charge in [0.1, 0.15) is 11.6 Å². The Morgan fingerprint density at radius 3 is 2.50 bits per heavy atom. The Bertz CT molecular complexity index is 1160. The van der Waals surface area contributed by atoms with E-state index in [1.807, 2.05) is 20.8 Å². The molecule has 1 aromatic carbocycles. The van der Waals surface area contributed by atoms with Crippen LogP contribution in [-0.2, 0) is 0 Å². The molecule has 3 rings (SSSR count). The highest BCUT2D eigenvalue weighted by Crippen LogP contribution is 2.31. The number of pyridine rings is 1. The van der Waals surface area contributed by atoms with Crippen molar-refractivity contribution in [2.75, 3.05) is 24.2 Å². The van der Waals surface area contributed by atoms with Gasteiger partial charge in [-0.25, -0.2) is 23.5 Å². The van der Waals surface area contributed by atoms with Gasteiger partial charge >= 0.3 is 6.03 Å². The number of aliphatic hydroxyl groups excluding tert-OH is 1. The van der Waals surface area contributed by atoms with Gasteiger partial charge in [-0.2, -0.15) is 4.98 Å². The number of carbonyl (C=O) groups is 1. The minimum Gasteiger partial charge on any atom is -0.391 e. The summed E-state index contributed by atoms with van der Waals surface area (Å²) >= 11 is 0. The van der Waals surface area contributed by atoms with Crippen molar-refractivity contribution >= 4 is 28.7 Å². The number of nitrogens with zero attached hydrogens (tertiary/aromatic N) is 3. The molecule has 3 aromatic rings. The van der Waals surface area contributed by atoms with Gasteiger partial charge in [0.2, 0.25) is 5.95 Å². The summed E-state index contributed by atoms with van der Waals surface area (Å²) in [5.41, 5.74) is 0.768. The van der Waals surface area contributed by atoms with Gasteiger partial charge in [0.15, 0.2) is 5.65 Å². The Morgan fingerprint density at radius 1 is 1.12 bits per heavy atom. The predicted octanol–water partition coefficient (Wildman–Crippen LogP) is 3.85. The molecule has 170 valence electrons. The maximum atomic E-state index is 14.7. The first-order valence-corrected chi connectivity index (χ1v) is 10.0. The molecular weight excluding hydrogens is 418 g/mol. The molecule has 4 N–H and O–H groups in total. The van der Waals surface area contributed by atoms with Crippen LogP contribution in [0.2, 0.25) is 0 Å². The van der Waals surface area contributed by atoms with E-state index in [0.29, 0.717) is 34.3 Å². The Labute approximate surface area is 184 Å². The van der Waals surface area contributed by atoms with E-state index >= 15 is 0 Å². The Balaban J connectivity index is 1.90. The second-order valence-corrected chi connectivity index (χ2v) is 8.51. The average molecular weight is 444 g/mol. The number of halogens is 2. The number of amides is 2. The Kier molecular flexibility index (Phi) is 6.54. The lowest BCUT2D eigenvalue weighted by molar-refractivity contribution is 0.0654. The fraction of sp³-hybridized carbons (Fsp3) is 0.364. The first-order valence-electron chi connectivity index (χ1n) is 10.0. The average Bonchev–Trinajstić information content (AvgIpc) is 2.72. The molecule has 32 heavy (non-hydrogen) atoms. The molecule has 0 saturated heterocycles. The number of carbonyl (C=O) groups excluding carboxylic acids is 1. The van der Waals surface area contributed by atoms with Crippen LogP contribution in [0.5, 0.6) is 0 Å². The third kappa shape index (κ3) is 5.08. The summed E-state index contributed by atoms with van der Waals surface area (Å²) in [6, 6.07) is 2.87. The number of rotatable bonds is 5. The number of hydrogen-bond acceptors (Lipinski definition) is 6. The van der Waals surface area contributed by atoms with Gasteiger partial charge in [-0.3, -0.25) is 0 Å². The van der Waals surface area contributed by atoms with Crippen molar-refractivity contribution in [1.82, 2.24) is 20.3 Å². The number of urea groups is 1. The fourth-order valence-electron chi connectivity index (χ4n) is 2.96. The van der Waals surface area contributed by atoms with Crippen LogP contribution >= 0.6 is 0 Å². The third-order valence-electron chi connectivity index (χ3n) is 5.03. The van der Waals surface area contributed by atoms with E-state index in [-0.39, 0.29) is 17.8 Å². The number of anilines is 2. The summed E-state index contributed by atoms with van der Waals surface area (Å²) in [6.45, 7) is 7.15. The monoisotopic (exact) mass is 444 g/mol. The molecule has 0 saturated carbocycles. The molecule has 2 amide bonds. The van der Waals surface area contributed by atoms with E-state index in [9.17, 15) is 18.7 Å². The lowest BCUT2D eigenvalue weighted by Gasteiger charge is -2.25. The van der Waals surface area contributed by atoms with Crippen LogP contribution in [0.1, 0.15) is 26.5 Å². The van der Waals surface area contributed by atoms with Gasteiger partial charge in [-0.05, 0) is 24.5 Å². The van der Waals surface area contributed by atoms with E-state index in [2.05, 4.69) is 30.9 Å². The van der Waals surface area contributed by atoms with Crippen LogP contribution in [0, 0.1) is 24.0 Å². The van der Waals surface area contributed by atoms with Crippen LogP contribution < -0.4 is 16.0 Å². The van der Waals surface area contributed by atoms with Gasteiger partial charge in [-0.1, -0.05) is 20.8 Å². The molecule has 2 heterocycles. The zero-order valence-corrected chi connectivity index (χ0v) is 18.5. The van der Waals surface area contributed by atoms with Crippen LogP contribution in [0.25, 0.3) is 22.2 Å². The second-order valence-electron chi connectivity index (χ2n) is 8.51. The van der Waals surface area contributed by atoms with Crippen molar-refractivity contribution in [3.63, 3.8) is 0 Å².